The van der Waals surface area contributed by atoms with Crippen LogP contribution in [0.4, 0.5) is 4.39 Å². The van der Waals surface area contributed by atoms with Crippen LogP contribution in [0.2, 0.25) is 0 Å². The smallest absolute Gasteiger partial charge is 0.303 e. The first-order valence-corrected chi connectivity index (χ1v) is 10.8. The number of rotatable bonds is 8. The van der Waals surface area contributed by atoms with Crippen molar-refractivity contribution in [1.29, 1.82) is 0 Å². The van der Waals surface area contributed by atoms with Crippen LogP contribution in [-0.4, -0.2) is 5.97 Å². The fourth-order valence-electron chi connectivity index (χ4n) is 2.68. The molecule has 0 saturated heterocycles. The Labute approximate surface area is 179 Å². The summed E-state index contributed by atoms with van der Waals surface area (Å²) in [4.78, 5) is 13.8. The lowest BCUT2D eigenvalue weighted by atomic mass is 10.1. The molecule has 0 aliphatic heterocycles. The summed E-state index contributed by atoms with van der Waals surface area (Å²) in [5, 5.41) is 0. The van der Waals surface area contributed by atoms with Crippen LogP contribution < -0.4 is 0 Å². The van der Waals surface area contributed by atoms with Crippen molar-refractivity contribution in [3.63, 3.8) is 0 Å². The second-order valence-corrected chi connectivity index (χ2v) is 8.73. The summed E-state index contributed by atoms with van der Waals surface area (Å²) in [6.45, 7) is 1.37. The Balaban J connectivity index is 1.84. The third-order valence-corrected chi connectivity index (χ3v) is 6.20. The molecule has 1 atom stereocenters. The highest BCUT2D eigenvalue weighted by Crippen LogP contribution is 2.40. The van der Waals surface area contributed by atoms with Crippen LogP contribution in [0.15, 0.2) is 105 Å². The molecule has 0 aliphatic rings. The van der Waals surface area contributed by atoms with Gasteiger partial charge in [-0.25, -0.2) is 4.39 Å². The van der Waals surface area contributed by atoms with Gasteiger partial charge in [0, 0.05) is 27.4 Å². The summed E-state index contributed by atoms with van der Waals surface area (Å²) >= 11 is 3.30. The monoisotopic (exact) mass is 424 g/mol. The maximum absolute atomic E-state index is 13.7. The minimum absolute atomic E-state index is 0.346. The number of esters is 1. The van der Waals surface area contributed by atoms with E-state index in [2.05, 4.69) is 24.3 Å². The Morgan fingerprint density at radius 2 is 1.52 bits per heavy atom. The Morgan fingerprint density at radius 1 is 0.931 bits per heavy atom. The third kappa shape index (κ3) is 7.11. The van der Waals surface area contributed by atoms with Crippen molar-refractivity contribution in [3.05, 3.63) is 107 Å². The number of ether oxygens (including phenoxy) is 1. The van der Waals surface area contributed by atoms with Gasteiger partial charge in [0.15, 0.2) is 0 Å². The van der Waals surface area contributed by atoms with Crippen LogP contribution in [0.1, 0.15) is 25.0 Å². The Hall–Kier alpha value is -2.50. The molecule has 0 spiro atoms. The first kappa shape index (κ1) is 21.2. The first-order valence-electron chi connectivity index (χ1n) is 9.19. The second-order valence-electron chi connectivity index (χ2n) is 6.24. The highest BCUT2D eigenvalue weighted by atomic mass is 32.2. The van der Waals surface area contributed by atoms with Gasteiger partial charge in [0.05, 0.1) is 0 Å². The average Bonchev–Trinajstić information content (AvgIpc) is 2.72. The maximum atomic E-state index is 13.7. The van der Waals surface area contributed by atoms with Gasteiger partial charge in [0.2, 0.25) is 0 Å². The van der Waals surface area contributed by atoms with Gasteiger partial charge >= 0.3 is 5.97 Å². The number of thioether (sulfide) groups is 2. The minimum atomic E-state index is -0.536. The van der Waals surface area contributed by atoms with E-state index in [9.17, 15) is 9.18 Å². The lowest BCUT2D eigenvalue weighted by molar-refractivity contribution is -0.146. The van der Waals surface area contributed by atoms with Gasteiger partial charge in [-0.05, 0) is 42.0 Å². The van der Waals surface area contributed by atoms with Crippen LogP contribution in [0.25, 0.3) is 0 Å². The van der Waals surface area contributed by atoms with E-state index in [0.29, 0.717) is 12.0 Å². The molecule has 29 heavy (non-hydrogen) atoms. The average molecular weight is 425 g/mol. The molecule has 2 nitrogen and oxygen atoms in total. The van der Waals surface area contributed by atoms with Crippen LogP contribution in [-0.2, 0) is 9.53 Å². The highest BCUT2D eigenvalue weighted by Gasteiger charge is 2.15. The summed E-state index contributed by atoms with van der Waals surface area (Å²) in [7, 11) is 0. The number of halogens is 1. The third-order valence-electron chi connectivity index (χ3n) is 3.95. The SMILES string of the molecule is CC(=O)O[C@H](CC=C(Sc1ccccc1)Sc1ccccc1)c1cccc(F)c1. The van der Waals surface area contributed by atoms with Crippen molar-refractivity contribution >= 4 is 29.5 Å². The van der Waals surface area contributed by atoms with Crippen molar-refractivity contribution in [2.24, 2.45) is 0 Å². The molecule has 0 aliphatic carbocycles. The standard InChI is InChI=1S/C24H21FO2S2/c1-18(26)27-23(19-9-8-10-20(25)17-19)15-16-24(28-21-11-4-2-5-12-21)29-22-13-6-3-7-14-22/h2-14,16-17,23H,15H2,1H3/t23-/m1/s1. The van der Waals surface area contributed by atoms with Crippen LogP contribution in [0.5, 0.6) is 0 Å². The molecule has 0 radical (unpaired) electrons. The number of benzene rings is 3. The van der Waals surface area contributed by atoms with Crippen LogP contribution in [0.3, 0.4) is 0 Å². The summed E-state index contributed by atoms with van der Waals surface area (Å²) in [5.74, 6) is -0.734. The van der Waals surface area contributed by atoms with Crippen molar-refractivity contribution < 1.29 is 13.9 Å². The maximum Gasteiger partial charge on any atom is 0.303 e. The Kier molecular flexibility index (Phi) is 7.96. The molecule has 0 fully saturated rings. The van der Waals surface area contributed by atoms with Crippen LogP contribution >= 0.6 is 23.5 Å². The Morgan fingerprint density at radius 3 is 2.03 bits per heavy atom. The number of carbonyl (C=O) groups excluding carboxylic acids is 1. The molecule has 3 rings (SSSR count). The van der Waals surface area contributed by atoms with Gasteiger partial charge in [-0.3, -0.25) is 4.79 Å². The summed E-state index contributed by atoms with van der Waals surface area (Å²) in [5.41, 5.74) is 0.644. The molecule has 5 heteroatoms. The number of hydrogen-bond acceptors (Lipinski definition) is 4. The van der Waals surface area contributed by atoms with Gasteiger partial charge < -0.3 is 4.74 Å². The molecule has 0 aromatic heterocycles. The largest absolute Gasteiger partial charge is 0.457 e. The lowest BCUT2D eigenvalue weighted by Crippen LogP contribution is -2.08. The zero-order valence-electron chi connectivity index (χ0n) is 16.0. The van der Waals surface area contributed by atoms with E-state index < -0.39 is 6.10 Å². The molecule has 0 N–H and O–H groups in total. The predicted octanol–water partition coefficient (Wildman–Crippen LogP) is 7.25. The van der Waals surface area contributed by atoms with E-state index in [0.717, 1.165) is 14.0 Å². The van der Waals surface area contributed by atoms with Gasteiger partial charge in [-0.2, -0.15) is 0 Å². The van der Waals surface area contributed by atoms with E-state index in [-0.39, 0.29) is 11.8 Å². The minimum Gasteiger partial charge on any atom is -0.457 e. The van der Waals surface area contributed by atoms with Gasteiger partial charge in [0.1, 0.15) is 11.9 Å². The zero-order valence-corrected chi connectivity index (χ0v) is 17.6. The van der Waals surface area contributed by atoms with E-state index >= 15 is 0 Å². The van der Waals surface area contributed by atoms with Crippen LogP contribution in [0, 0.1) is 5.82 Å². The van der Waals surface area contributed by atoms with Gasteiger partial charge in [0.25, 0.3) is 0 Å². The van der Waals surface area contributed by atoms with Crippen molar-refractivity contribution in [1.82, 2.24) is 0 Å². The molecule has 0 unspecified atom stereocenters. The topological polar surface area (TPSA) is 26.3 Å². The van der Waals surface area contributed by atoms with Gasteiger partial charge in [-0.1, -0.05) is 78.1 Å². The van der Waals surface area contributed by atoms with Crippen molar-refractivity contribution in [2.75, 3.05) is 0 Å². The highest BCUT2D eigenvalue weighted by molar-refractivity contribution is 8.22. The molecular formula is C24H21FO2S2. The molecule has 0 saturated carbocycles. The van der Waals surface area contributed by atoms with E-state index in [1.807, 2.05) is 42.5 Å². The first-order chi connectivity index (χ1) is 14.1. The summed E-state index contributed by atoms with van der Waals surface area (Å²) in [6.07, 6.45) is 1.97. The van der Waals surface area contributed by atoms with Crippen molar-refractivity contribution in [2.45, 2.75) is 29.2 Å². The van der Waals surface area contributed by atoms with E-state index in [1.54, 1.807) is 35.7 Å². The second kappa shape index (κ2) is 10.9. The van der Waals surface area contributed by atoms with Crippen molar-refractivity contribution in [3.8, 4) is 0 Å². The summed E-state index contributed by atoms with van der Waals surface area (Å²) in [6, 6.07) is 26.4. The predicted molar refractivity (Wildman–Crippen MR) is 118 cm³/mol. The molecular weight excluding hydrogens is 403 g/mol. The number of hydrogen-bond donors (Lipinski definition) is 0. The van der Waals surface area contributed by atoms with E-state index in [4.69, 9.17) is 4.74 Å². The normalized spacial score (nSPS) is 11.5. The molecule has 0 bridgehead atoms. The van der Waals surface area contributed by atoms with E-state index in [1.165, 1.54) is 19.1 Å². The molecule has 0 amide bonds. The summed E-state index contributed by atoms with van der Waals surface area (Å²) < 4.78 is 20.2. The zero-order chi connectivity index (χ0) is 20.5. The quantitative estimate of drug-likeness (QED) is 0.281. The fourth-order valence-corrected chi connectivity index (χ4v) is 4.83. The molecule has 3 aromatic carbocycles. The fraction of sp³-hybridized carbons (Fsp3) is 0.125. The van der Waals surface area contributed by atoms with Gasteiger partial charge in [-0.15, -0.1) is 0 Å². The lowest BCUT2D eigenvalue weighted by Gasteiger charge is -2.17. The molecule has 148 valence electrons. The molecule has 0 heterocycles. The number of carbonyl (C=O) groups is 1. The Bertz CT molecular complexity index is 915. The molecule has 3 aromatic rings.